The van der Waals surface area contributed by atoms with Gasteiger partial charge in [-0.25, -0.2) is 15.0 Å². The van der Waals surface area contributed by atoms with Gasteiger partial charge in [0.25, 0.3) is 0 Å². The molecule has 27 heavy (non-hydrogen) atoms. The van der Waals surface area contributed by atoms with Crippen LogP contribution in [0.3, 0.4) is 0 Å². The van der Waals surface area contributed by atoms with Gasteiger partial charge in [0, 0.05) is 11.9 Å². The Morgan fingerprint density at radius 3 is 3.00 bits per heavy atom. The van der Waals surface area contributed by atoms with Crippen LogP contribution >= 0.6 is 0 Å². The van der Waals surface area contributed by atoms with Crippen LogP contribution in [0.5, 0.6) is 5.75 Å². The minimum atomic E-state index is 0.242. The first-order valence-corrected chi connectivity index (χ1v) is 9.13. The largest absolute Gasteiger partial charge is 0.491 e. The van der Waals surface area contributed by atoms with Crippen molar-refractivity contribution in [2.75, 3.05) is 18.1 Å². The van der Waals surface area contributed by atoms with Gasteiger partial charge in [0.05, 0.1) is 11.8 Å². The highest BCUT2D eigenvalue weighted by molar-refractivity contribution is 6.30. The predicted molar refractivity (Wildman–Crippen MR) is 107 cm³/mol. The standard InChI is InChI=1S/C20H18BN5O/c21-20-24-17-18(25-20)22-12-23-19(17)26-10-4-7-14(26)11-27-16-9-3-6-13-5-1-2-8-15(13)16/h1-3,5-6,8-9,12,14H,4,7,10-11H2,(H,22,23,24,25). The summed E-state index contributed by atoms with van der Waals surface area (Å²) in [7, 11) is 5.80. The van der Waals surface area contributed by atoms with Crippen molar-refractivity contribution in [1.82, 2.24) is 19.9 Å². The number of hydrogen-bond acceptors (Lipinski definition) is 5. The summed E-state index contributed by atoms with van der Waals surface area (Å²) in [6.07, 6.45) is 3.69. The number of nitrogens with one attached hydrogen (secondary N) is 1. The lowest BCUT2D eigenvalue weighted by Gasteiger charge is -2.26. The van der Waals surface area contributed by atoms with E-state index < -0.39 is 0 Å². The highest BCUT2D eigenvalue weighted by Crippen LogP contribution is 2.30. The molecule has 6 nitrogen and oxygen atoms in total. The fraction of sp³-hybridized carbons (Fsp3) is 0.250. The molecule has 1 unspecified atom stereocenters. The third kappa shape index (κ3) is 2.89. The molecule has 2 aromatic heterocycles. The van der Waals surface area contributed by atoms with E-state index in [2.05, 4.69) is 43.0 Å². The van der Waals surface area contributed by atoms with E-state index >= 15 is 0 Å². The third-order valence-electron chi connectivity index (χ3n) is 5.12. The molecule has 1 atom stereocenters. The summed E-state index contributed by atoms with van der Waals surface area (Å²) in [6, 6.07) is 14.7. The second-order valence-electron chi connectivity index (χ2n) is 6.80. The van der Waals surface area contributed by atoms with Gasteiger partial charge in [-0.05, 0) is 24.3 Å². The number of nitrogens with zero attached hydrogens (tertiary/aromatic N) is 4. The summed E-state index contributed by atoms with van der Waals surface area (Å²) < 4.78 is 6.24. The van der Waals surface area contributed by atoms with E-state index in [1.807, 2.05) is 24.3 Å². The van der Waals surface area contributed by atoms with E-state index in [-0.39, 0.29) is 6.04 Å². The van der Waals surface area contributed by atoms with Crippen LogP contribution in [-0.4, -0.2) is 47.0 Å². The Labute approximate surface area is 158 Å². The molecule has 1 aliphatic rings. The van der Waals surface area contributed by atoms with Crippen LogP contribution in [0, 0.1) is 0 Å². The van der Waals surface area contributed by atoms with Crippen molar-refractivity contribution in [1.29, 1.82) is 0 Å². The molecule has 7 heteroatoms. The van der Waals surface area contributed by atoms with Gasteiger partial charge in [0.1, 0.15) is 24.2 Å². The highest BCUT2D eigenvalue weighted by atomic mass is 16.5. The first-order chi connectivity index (χ1) is 13.3. The first kappa shape index (κ1) is 16.1. The number of aromatic amines is 1. The van der Waals surface area contributed by atoms with Crippen molar-refractivity contribution < 1.29 is 4.74 Å². The quantitative estimate of drug-likeness (QED) is 0.569. The van der Waals surface area contributed by atoms with E-state index in [4.69, 9.17) is 12.6 Å². The highest BCUT2D eigenvalue weighted by Gasteiger charge is 2.28. The van der Waals surface area contributed by atoms with Crippen molar-refractivity contribution in [2.45, 2.75) is 18.9 Å². The van der Waals surface area contributed by atoms with E-state index in [0.29, 0.717) is 18.0 Å². The van der Waals surface area contributed by atoms with Crippen LogP contribution in [0.2, 0.25) is 0 Å². The average Bonchev–Trinajstić information content (AvgIpc) is 3.31. The third-order valence-corrected chi connectivity index (χ3v) is 5.12. The lowest BCUT2D eigenvalue weighted by Crippen LogP contribution is -2.35. The maximum Gasteiger partial charge on any atom is 0.182 e. The van der Waals surface area contributed by atoms with Gasteiger partial charge in [-0.1, -0.05) is 36.4 Å². The summed E-state index contributed by atoms with van der Waals surface area (Å²) >= 11 is 0. The number of aromatic nitrogens is 4. The van der Waals surface area contributed by atoms with Gasteiger partial charge in [0.2, 0.25) is 0 Å². The maximum absolute atomic E-state index is 6.24. The molecular formula is C20H18BN5O. The molecule has 4 aromatic rings. The lowest BCUT2D eigenvalue weighted by atomic mass is 10.1. The van der Waals surface area contributed by atoms with Gasteiger partial charge in [0.15, 0.2) is 19.3 Å². The second-order valence-corrected chi connectivity index (χ2v) is 6.80. The Hall–Kier alpha value is -3.09. The van der Waals surface area contributed by atoms with E-state index in [1.54, 1.807) is 6.33 Å². The van der Waals surface area contributed by atoms with Crippen LogP contribution in [0.25, 0.3) is 21.9 Å². The zero-order valence-corrected chi connectivity index (χ0v) is 14.8. The molecule has 1 fully saturated rings. The topological polar surface area (TPSA) is 66.9 Å². The van der Waals surface area contributed by atoms with Crippen LogP contribution < -0.4 is 15.4 Å². The predicted octanol–water partition coefficient (Wildman–Crippen LogP) is 2.35. The van der Waals surface area contributed by atoms with Crippen LogP contribution in [0.4, 0.5) is 5.82 Å². The molecule has 3 heterocycles. The van der Waals surface area contributed by atoms with Gasteiger partial charge >= 0.3 is 0 Å². The summed E-state index contributed by atoms with van der Waals surface area (Å²) in [5, 5.41) is 2.32. The van der Waals surface area contributed by atoms with Crippen molar-refractivity contribution in [3.63, 3.8) is 0 Å². The van der Waals surface area contributed by atoms with E-state index in [9.17, 15) is 0 Å². The van der Waals surface area contributed by atoms with Crippen molar-refractivity contribution in [3.8, 4) is 5.75 Å². The maximum atomic E-state index is 6.24. The van der Waals surface area contributed by atoms with Gasteiger partial charge in [-0.2, -0.15) is 0 Å². The molecule has 0 saturated carbocycles. The number of anilines is 1. The van der Waals surface area contributed by atoms with E-state index in [1.165, 1.54) is 5.39 Å². The number of ether oxygens (including phenoxy) is 1. The van der Waals surface area contributed by atoms with Gasteiger partial charge < -0.3 is 14.6 Å². The van der Waals surface area contributed by atoms with Crippen LogP contribution in [-0.2, 0) is 0 Å². The Morgan fingerprint density at radius 2 is 2.04 bits per heavy atom. The molecule has 2 aromatic carbocycles. The Balaban J connectivity index is 1.41. The van der Waals surface area contributed by atoms with Crippen molar-refractivity contribution in [3.05, 3.63) is 48.8 Å². The average molecular weight is 355 g/mol. The molecule has 1 aliphatic heterocycles. The number of H-pyrrole nitrogens is 1. The minimum absolute atomic E-state index is 0.242. The number of imidazole rings is 1. The fourth-order valence-corrected chi connectivity index (χ4v) is 3.85. The fourth-order valence-electron chi connectivity index (χ4n) is 3.85. The second kappa shape index (κ2) is 6.57. The number of benzene rings is 2. The molecule has 0 spiro atoms. The summed E-state index contributed by atoms with van der Waals surface area (Å²) in [4.78, 5) is 18.2. The molecule has 5 rings (SSSR count). The Morgan fingerprint density at radius 1 is 1.15 bits per heavy atom. The molecule has 2 radical (unpaired) electrons. The minimum Gasteiger partial charge on any atom is -0.491 e. The van der Waals surface area contributed by atoms with Crippen LogP contribution in [0.15, 0.2) is 48.8 Å². The summed E-state index contributed by atoms with van der Waals surface area (Å²) in [5.41, 5.74) is 1.74. The Bertz CT molecular complexity index is 1110. The van der Waals surface area contributed by atoms with Crippen LogP contribution in [0.1, 0.15) is 12.8 Å². The summed E-state index contributed by atoms with van der Waals surface area (Å²) in [6.45, 7) is 1.53. The van der Waals surface area contributed by atoms with Gasteiger partial charge in [-0.3, -0.25) is 0 Å². The van der Waals surface area contributed by atoms with E-state index in [0.717, 1.165) is 41.9 Å². The van der Waals surface area contributed by atoms with Crippen molar-refractivity contribution in [2.24, 2.45) is 0 Å². The zero-order valence-electron chi connectivity index (χ0n) is 14.8. The molecule has 0 amide bonds. The molecule has 1 N–H and O–H groups in total. The molecule has 1 saturated heterocycles. The molecular weight excluding hydrogens is 337 g/mol. The molecule has 132 valence electrons. The molecule has 0 bridgehead atoms. The summed E-state index contributed by atoms with van der Waals surface area (Å²) in [5.74, 6) is 1.76. The normalized spacial score (nSPS) is 17.0. The number of hydrogen-bond donors (Lipinski definition) is 1. The first-order valence-electron chi connectivity index (χ1n) is 9.13. The molecule has 0 aliphatic carbocycles. The zero-order chi connectivity index (χ0) is 18.2. The lowest BCUT2D eigenvalue weighted by molar-refractivity contribution is 0.291. The van der Waals surface area contributed by atoms with Gasteiger partial charge in [-0.15, -0.1) is 0 Å². The SMILES string of the molecule is [B]c1nc2ncnc(N3CCCC3COc3cccc4ccccc34)c2[nH]1. The number of fused-ring (bicyclic) bond motifs is 2. The Kier molecular flexibility index (Phi) is 3.92. The smallest absolute Gasteiger partial charge is 0.182 e. The monoisotopic (exact) mass is 355 g/mol. The number of rotatable bonds is 4. The van der Waals surface area contributed by atoms with Crippen molar-refractivity contribution >= 4 is 41.3 Å².